The number of nitrogens with zero attached hydrogens (tertiary/aromatic N) is 1. The Morgan fingerprint density at radius 2 is 1.78 bits per heavy atom. The van der Waals surface area contributed by atoms with Crippen molar-refractivity contribution in [2.75, 3.05) is 0 Å². The zero-order valence-corrected chi connectivity index (χ0v) is 19.5. The molecule has 0 spiro atoms. The first-order chi connectivity index (χ1) is 15.2. The van der Waals surface area contributed by atoms with Crippen LogP contribution in [0.4, 0.5) is 4.39 Å². The van der Waals surface area contributed by atoms with Gasteiger partial charge in [-0.2, -0.15) is 0 Å². The van der Waals surface area contributed by atoms with Gasteiger partial charge in [-0.1, -0.05) is 29.8 Å². The average Bonchev–Trinajstić information content (AvgIpc) is 2.95. The van der Waals surface area contributed by atoms with Crippen molar-refractivity contribution in [3.05, 3.63) is 86.9 Å². The van der Waals surface area contributed by atoms with Crippen molar-refractivity contribution < 1.29 is 19.0 Å². The number of ether oxygens (including phenoxy) is 1. The van der Waals surface area contributed by atoms with E-state index >= 15 is 0 Å². The van der Waals surface area contributed by atoms with E-state index in [4.69, 9.17) is 16.3 Å². The molecule has 0 saturated carbocycles. The molecular weight excluding hydrogens is 431 g/mol. The molecule has 3 rings (SSSR count). The van der Waals surface area contributed by atoms with E-state index in [-0.39, 0.29) is 18.2 Å². The summed E-state index contributed by atoms with van der Waals surface area (Å²) in [6.07, 6.45) is 0.114. The molecule has 1 aromatic heterocycles. The highest BCUT2D eigenvalue weighted by Crippen LogP contribution is 2.27. The third-order valence-corrected chi connectivity index (χ3v) is 5.78. The summed E-state index contributed by atoms with van der Waals surface area (Å²) in [5, 5.41) is 13.5. The van der Waals surface area contributed by atoms with E-state index in [1.165, 1.54) is 6.07 Å². The molecule has 5 nitrogen and oxygen atoms in total. The molecule has 0 fully saturated rings. The highest BCUT2D eigenvalue weighted by atomic mass is 35.5. The fourth-order valence-corrected chi connectivity index (χ4v) is 4.04. The van der Waals surface area contributed by atoms with Gasteiger partial charge in [-0.05, 0) is 57.5 Å². The third-order valence-electron chi connectivity index (χ3n) is 5.43. The van der Waals surface area contributed by atoms with Crippen LogP contribution in [0.2, 0.25) is 5.02 Å². The lowest BCUT2D eigenvalue weighted by Crippen LogP contribution is -2.15. The lowest BCUT2D eigenvalue weighted by molar-refractivity contribution is 0.0694. The van der Waals surface area contributed by atoms with Crippen LogP contribution in [0, 0.1) is 19.7 Å². The summed E-state index contributed by atoms with van der Waals surface area (Å²) in [5.41, 5.74) is 3.67. The Bertz CT molecular complexity index is 1090. The Labute approximate surface area is 192 Å². The van der Waals surface area contributed by atoms with Crippen molar-refractivity contribution >= 4 is 17.6 Å². The predicted octanol–water partition coefficient (Wildman–Crippen LogP) is 5.72. The predicted molar refractivity (Wildman–Crippen MR) is 124 cm³/mol. The van der Waals surface area contributed by atoms with Gasteiger partial charge in [0.15, 0.2) is 0 Å². The van der Waals surface area contributed by atoms with Gasteiger partial charge in [0, 0.05) is 40.6 Å². The molecule has 0 saturated heterocycles. The Morgan fingerprint density at radius 3 is 2.38 bits per heavy atom. The van der Waals surface area contributed by atoms with Crippen LogP contribution in [0.15, 0.2) is 42.5 Å². The molecule has 0 aliphatic carbocycles. The van der Waals surface area contributed by atoms with Crippen molar-refractivity contribution in [2.24, 2.45) is 0 Å². The van der Waals surface area contributed by atoms with Crippen LogP contribution in [0.3, 0.4) is 0 Å². The van der Waals surface area contributed by atoms with Crippen LogP contribution in [0.1, 0.15) is 52.3 Å². The van der Waals surface area contributed by atoms with Gasteiger partial charge >= 0.3 is 5.97 Å². The number of benzene rings is 2. The summed E-state index contributed by atoms with van der Waals surface area (Å²) in [5.74, 6) is -0.602. The van der Waals surface area contributed by atoms with Gasteiger partial charge in [-0.15, -0.1) is 0 Å². The highest BCUT2D eigenvalue weighted by molar-refractivity contribution is 6.31. The first-order valence-corrected chi connectivity index (χ1v) is 10.9. The van der Waals surface area contributed by atoms with Gasteiger partial charge in [0.2, 0.25) is 0 Å². The maximum atomic E-state index is 14.3. The minimum atomic E-state index is -1.00. The van der Waals surface area contributed by atoms with E-state index in [1.54, 1.807) is 19.1 Å². The molecule has 2 aromatic carbocycles. The molecule has 32 heavy (non-hydrogen) atoms. The number of carbonyl (C=O) groups is 1. The fraction of sp³-hybridized carbons (Fsp3) is 0.320. The van der Waals surface area contributed by atoms with Crippen molar-refractivity contribution in [3.63, 3.8) is 0 Å². The van der Waals surface area contributed by atoms with Crippen molar-refractivity contribution in [3.8, 4) is 5.75 Å². The van der Waals surface area contributed by atoms with E-state index < -0.39 is 11.8 Å². The molecule has 0 aliphatic rings. The second-order valence-electron chi connectivity index (χ2n) is 8.03. The Hall–Kier alpha value is -2.83. The first-order valence-electron chi connectivity index (χ1n) is 10.5. The van der Waals surface area contributed by atoms with E-state index in [0.717, 1.165) is 17.0 Å². The largest absolute Gasteiger partial charge is 0.491 e. The number of carboxylic acid groups (broad SMARTS) is 1. The number of carboxylic acids is 1. The summed E-state index contributed by atoms with van der Waals surface area (Å²) < 4.78 is 21.8. The summed E-state index contributed by atoms with van der Waals surface area (Å²) in [4.78, 5) is 12.0. The van der Waals surface area contributed by atoms with E-state index in [0.29, 0.717) is 34.9 Å². The van der Waals surface area contributed by atoms with Gasteiger partial charge in [0.05, 0.1) is 18.2 Å². The Morgan fingerprint density at radius 1 is 1.09 bits per heavy atom. The summed E-state index contributed by atoms with van der Waals surface area (Å²) >= 11 is 6.19. The molecule has 0 unspecified atom stereocenters. The Balaban J connectivity index is 1.79. The van der Waals surface area contributed by atoms with Gasteiger partial charge in [-0.3, -0.25) is 0 Å². The molecular formula is C25H28ClFN2O3. The minimum Gasteiger partial charge on any atom is -0.491 e. The van der Waals surface area contributed by atoms with E-state index in [9.17, 15) is 14.3 Å². The maximum absolute atomic E-state index is 14.3. The van der Waals surface area contributed by atoms with Crippen molar-refractivity contribution in [1.82, 2.24) is 9.88 Å². The van der Waals surface area contributed by atoms with Gasteiger partial charge in [-0.25, -0.2) is 9.18 Å². The fourth-order valence-electron chi connectivity index (χ4n) is 3.82. The maximum Gasteiger partial charge on any atom is 0.337 e. The van der Waals surface area contributed by atoms with Gasteiger partial charge < -0.3 is 19.7 Å². The van der Waals surface area contributed by atoms with E-state index in [1.807, 2.05) is 49.6 Å². The van der Waals surface area contributed by atoms with Crippen LogP contribution >= 0.6 is 11.6 Å². The SMILES string of the molecule is Cc1c(CNCc2ccc(OC(C)C)cc2)c(C(=O)O)c(C)n1Cc1c(F)cccc1Cl. The van der Waals surface area contributed by atoms with Crippen LogP contribution in [0.5, 0.6) is 5.75 Å². The normalized spacial score (nSPS) is 11.2. The summed E-state index contributed by atoms with van der Waals surface area (Å²) in [6, 6.07) is 12.3. The van der Waals surface area contributed by atoms with Crippen molar-refractivity contribution in [1.29, 1.82) is 0 Å². The molecule has 1 heterocycles. The van der Waals surface area contributed by atoms with Crippen LogP contribution in [0.25, 0.3) is 0 Å². The highest BCUT2D eigenvalue weighted by Gasteiger charge is 2.23. The number of rotatable bonds is 9. The summed E-state index contributed by atoms with van der Waals surface area (Å²) in [7, 11) is 0. The first kappa shape index (κ1) is 23.8. The van der Waals surface area contributed by atoms with E-state index in [2.05, 4.69) is 5.32 Å². The summed E-state index contributed by atoms with van der Waals surface area (Å²) in [6.45, 7) is 8.66. The monoisotopic (exact) mass is 458 g/mol. The Kier molecular flexibility index (Phi) is 7.59. The molecule has 0 atom stereocenters. The quantitative estimate of drug-likeness (QED) is 0.430. The molecule has 0 radical (unpaired) electrons. The smallest absolute Gasteiger partial charge is 0.337 e. The molecule has 170 valence electrons. The molecule has 7 heteroatoms. The van der Waals surface area contributed by atoms with Crippen LogP contribution in [-0.4, -0.2) is 21.7 Å². The molecule has 2 N–H and O–H groups in total. The average molecular weight is 459 g/mol. The standard InChI is InChI=1S/C25H28ClFN2O3/c1-15(2)32-19-10-8-18(9-11-19)12-28-13-20-16(3)29(17(4)24(20)25(30)31)14-21-22(26)6-5-7-23(21)27/h5-11,15,28H,12-14H2,1-4H3,(H,30,31). The number of aromatic nitrogens is 1. The lowest BCUT2D eigenvalue weighted by Gasteiger charge is -2.12. The molecule has 0 aliphatic heterocycles. The van der Waals surface area contributed by atoms with Crippen LogP contribution < -0.4 is 10.1 Å². The molecule has 0 amide bonds. The van der Waals surface area contributed by atoms with Crippen molar-refractivity contribution in [2.45, 2.75) is 53.4 Å². The lowest BCUT2D eigenvalue weighted by atomic mass is 10.1. The van der Waals surface area contributed by atoms with Gasteiger partial charge in [0.1, 0.15) is 11.6 Å². The second kappa shape index (κ2) is 10.2. The number of hydrogen-bond acceptors (Lipinski definition) is 3. The zero-order valence-electron chi connectivity index (χ0n) is 18.7. The number of halogens is 2. The topological polar surface area (TPSA) is 63.5 Å². The third kappa shape index (κ3) is 5.31. The number of nitrogens with one attached hydrogen (secondary N) is 1. The number of hydrogen-bond donors (Lipinski definition) is 2. The molecule has 3 aromatic rings. The zero-order chi connectivity index (χ0) is 23.4. The van der Waals surface area contributed by atoms with Gasteiger partial charge in [0.25, 0.3) is 0 Å². The second-order valence-corrected chi connectivity index (χ2v) is 8.44. The minimum absolute atomic E-state index is 0.114. The number of aromatic carboxylic acids is 1. The van der Waals surface area contributed by atoms with Crippen LogP contribution in [-0.2, 0) is 19.6 Å². The molecule has 0 bridgehead atoms.